The van der Waals surface area contributed by atoms with Gasteiger partial charge in [-0.1, -0.05) is 24.0 Å². The van der Waals surface area contributed by atoms with Crippen molar-refractivity contribution in [1.29, 1.82) is 0 Å². The summed E-state index contributed by atoms with van der Waals surface area (Å²) in [5.74, 6) is -0.00905. The lowest BCUT2D eigenvalue weighted by molar-refractivity contribution is -0.139. The average Bonchev–Trinajstić information content (AvgIpc) is 2.36. The number of ether oxygens (including phenoxy) is 1. The van der Waals surface area contributed by atoms with Crippen molar-refractivity contribution in [1.82, 2.24) is 4.98 Å². The molecule has 1 aromatic heterocycles. The van der Waals surface area contributed by atoms with Crippen molar-refractivity contribution < 1.29 is 9.53 Å². The first kappa shape index (κ1) is 13.9. The molecule has 1 heterocycles. The van der Waals surface area contributed by atoms with Crippen LogP contribution in [0.2, 0.25) is 0 Å². The lowest BCUT2D eigenvalue weighted by atomic mass is 10.4. The highest BCUT2D eigenvalue weighted by Gasteiger charge is 2.10. The Hall–Kier alpha value is -1.14. The van der Waals surface area contributed by atoms with Crippen LogP contribution in [0.1, 0.15) is 6.92 Å². The lowest BCUT2D eigenvalue weighted by Gasteiger charge is -2.18. The highest BCUT2D eigenvalue weighted by Crippen LogP contribution is 2.16. The Kier molecular flexibility index (Phi) is 5.93. The van der Waals surface area contributed by atoms with E-state index in [0.717, 1.165) is 5.69 Å². The fraction of sp³-hybridized carbons (Fsp3) is 0.364. The summed E-state index contributed by atoms with van der Waals surface area (Å²) in [7, 11) is 1.86. The monoisotopic (exact) mass is 270 g/mol. The van der Waals surface area contributed by atoms with E-state index in [0.29, 0.717) is 10.9 Å². The van der Waals surface area contributed by atoms with Crippen LogP contribution in [0.25, 0.3) is 0 Å². The number of aromatic nitrogens is 1. The molecule has 0 N–H and O–H groups in total. The molecule has 0 unspecified atom stereocenters. The standard InChI is InChI=1S/C11H14N2O2S2/c1-3-15-10(14)8-17-11(16)13(2)9-4-6-12-7-5-9/h4-7H,3,8H2,1-2H3. The Bertz CT molecular complexity index is 384. The van der Waals surface area contributed by atoms with Gasteiger partial charge < -0.3 is 9.64 Å². The van der Waals surface area contributed by atoms with Crippen molar-refractivity contribution in [3.8, 4) is 0 Å². The van der Waals surface area contributed by atoms with E-state index in [9.17, 15) is 4.79 Å². The topological polar surface area (TPSA) is 42.4 Å². The minimum absolute atomic E-state index is 0.238. The highest BCUT2D eigenvalue weighted by molar-refractivity contribution is 8.23. The molecule has 1 rings (SSSR count). The number of nitrogens with zero attached hydrogens (tertiary/aromatic N) is 2. The number of pyridine rings is 1. The van der Waals surface area contributed by atoms with Crippen LogP contribution < -0.4 is 4.90 Å². The number of hydrogen-bond acceptors (Lipinski definition) is 5. The molecule has 0 aliphatic carbocycles. The smallest absolute Gasteiger partial charge is 0.316 e. The number of rotatable bonds is 4. The summed E-state index contributed by atoms with van der Waals surface area (Å²) < 4.78 is 5.46. The highest BCUT2D eigenvalue weighted by atomic mass is 32.2. The molecule has 0 atom stereocenters. The van der Waals surface area contributed by atoms with Crippen molar-refractivity contribution in [2.75, 3.05) is 24.3 Å². The molecule has 0 amide bonds. The quantitative estimate of drug-likeness (QED) is 0.616. The molecule has 0 aromatic carbocycles. The molecule has 0 spiro atoms. The molecular formula is C11H14N2O2S2. The Morgan fingerprint density at radius 1 is 1.53 bits per heavy atom. The first-order valence-electron chi connectivity index (χ1n) is 5.11. The molecular weight excluding hydrogens is 256 g/mol. The molecule has 0 aliphatic heterocycles. The number of carbonyl (C=O) groups is 1. The molecule has 92 valence electrons. The maximum Gasteiger partial charge on any atom is 0.316 e. The van der Waals surface area contributed by atoms with E-state index < -0.39 is 0 Å². The van der Waals surface area contributed by atoms with Gasteiger partial charge in [0, 0.05) is 25.1 Å². The summed E-state index contributed by atoms with van der Waals surface area (Å²) in [5, 5.41) is 0. The van der Waals surface area contributed by atoms with Gasteiger partial charge in [0.25, 0.3) is 0 Å². The predicted octanol–water partition coefficient (Wildman–Crippen LogP) is 2.10. The molecule has 4 nitrogen and oxygen atoms in total. The van der Waals surface area contributed by atoms with Crippen molar-refractivity contribution in [2.45, 2.75) is 6.92 Å². The molecule has 1 aromatic rings. The van der Waals surface area contributed by atoms with Gasteiger partial charge in [0.05, 0.1) is 12.4 Å². The van der Waals surface area contributed by atoms with Crippen LogP contribution in [-0.4, -0.2) is 34.7 Å². The van der Waals surface area contributed by atoms with Crippen molar-refractivity contribution in [2.24, 2.45) is 0 Å². The predicted molar refractivity (Wildman–Crippen MR) is 74.3 cm³/mol. The van der Waals surface area contributed by atoms with Gasteiger partial charge in [-0.05, 0) is 19.1 Å². The van der Waals surface area contributed by atoms with E-state index in [1.807, 2.05) is 24.1 Å². The maximum absolute atomic E-state index is 11.2. The maximum atomic E-state index is 11.2. The third-order valence-corrected chi connectivity index (χ3v) is 3.47. The fourth-order valence-corrected chi connectivity index (χ4v) is 2.00. The van der Waals surface area contributed by atoms with Crippen LogP contribution in [0, 0.1) is 0 Å². The van der Waals surface area contributed by atoms with Gasteiger partial charge >= 0.3 is 5.97 Å². The zero-order chi connectivity index (χ0) is 12.7. The van der Waals surface area contributed by atoms with E-state index >= 15 is 0 Å². The van der Waals surface area contributed by atoms with Gasteiger partial charge in [-0.3, -0.25) is 9.78 Å². The zero-order valence-corrected chi connectivity index (χ0v) is 11.4. The summed E-state index contributed by atoms with van der Waals surface area (Å²) in [4.78, 5) is 16.9. The van der Waals surface area contributed by atoms with Crippen LogP contribution in [0.15, 0.2) is 24.5 Å². The summed E-state index contributed by atoms with van der Waals surface area (Å²) in [5.41, 5.74) is 0.946. The third kappa shape index (κ3) is 4.70. The second kappa shape index (κ2) is 7.24. The zero-order valence-electron chi connectivity index (χ0n) is 9.75. The van der Waals surface area contributed by atoms with Crippen LogP contribution in [0.4, 0.5) is 5.69 Å². The number of anilines is 1. The Balaban J connectivity index is 2.45. The van der Waals surface area contributed by atoms with E-state index in [1.165, 1.54) is 11.8 Å². The van der Waals surface area contributed by atoms with Crippen LogP contribution >= 0.6 is 24.0 Å². The van der Waals surface area contributed by atoms with E-state index in [4.69, 9.17) is 17.0 Å². The van der Waals surface area contributed by atoms with Crippen molar-refractivity contribution in [3.63, 3.8) is 0 Å². The Morgan fingerprint density at radius 3 is 2.76 bits per heavy atom. The third-order valence-electron chi connectivity index (χ3n) is 1.94. The molecule has 0 fully saturated rings. The number of carbonyl (C=O) groups excluding carboxylic acids is 1. The first-order chi connectivity index (χ1) is 8.15. The fourth-order valence-electron chi connectivity index (χ4n) is 1.09. The summed E-state index contributed by atoms with van der Waals surface area (Å²) in [6, 6.07) is 3.72. The van der Waals surface area contributed by atoms with E-state index in [-0.39, 0.29) is 11.7 Å². The average molecular weight is 270 g/mol. The summed E-state index contributed by atoms with van der Waals surface area (Å²) in [6.45, 7) is 2.18. The second-order valence-corrected chi connectivity index (χ2v) is 4.73. The minimum atomic E-state index is -0.247. The molecule has 0 radical (unpaired) electrons. The van der Waals surface area contributed by atoms with Gasteiger partial charge in [0.15, 0.2) is 0 Å². The summed E-state index contributed by atoms with van der Waals surface area (Å²) in [6.07, 6.45) is 3.40. The van der Waals surface area contributed by atoms with Gasteiger partial charge in [0.2, 0.25) is 0 Å². The summed E-state index contributed by atoms with van der Waals surface area (Å²) >= 11 is 6.51. The van der Waals surface area contributed by atoms with E-state index in [2.05, 4.69) is 4.98 Å². The molecule has 0 saturated heterocycles. The number of hydrogen-bond donors (Lipinski definition) is 0. The number of thiocarbonyl (C=S) groups is 1. The van der Waals surface area contributed by atoms with Crippen LogP contribution in [-0.2, 0) is 9.53 Å². The molecule has 0 saturated carbocycles. The number of esters is 1. The largest absolute Gasteiger partial charge is 0.465 e. The van der Waals surface area contributed by atoms with Gasteiger partial charge in [-0.2, -0.15) is 0 Å². The van der Waals surface area contributed by atoms with Crippen LogP contribution in [0.3, 0.4) is 0 Å². The molecule has 0 bridgehead atoms. The molecule has 6 heteroatoms. The Labute approximate surface area is 110 Å². The van der Waals surface area contributed by atoms with Gasteiger partial charge in [-0.25, -0.2) is 0 Å². The molecule has 17 heavy (non-hydrogen) atoms. The second-order valence-electron chi connectivity index (χ2n) is 3.12. The van der Waals surface area contributed by atoms with Crippen molar-refractivity contribution >= 4 is 40.0 Å². The number of thioether (sulfide) groups is 1. The Morgan fingerprint density at radius 2 is 2.18 bits per heavy atom. The minimum Gasteiger partial charge on any atom is -0.465 e. The van der Waals surface area contributed by atoms with Crippen LogP contribution in [0.5, 0.6) is 0 Å². The normalized spacial score (nSPS) is 9.76. The molecule has 0 aliphatic rings. The van der Waals surface area contributed by atoms with Gasteiger partial charge in [-0.15, -0.1) is 0 Å². The van der Waals surface area contributed by atoms with E-state index in [1.54, 1.807) is 19.3 Å². The van der Waals surface area contributed by atoms with Crippen molar-refractivity contribution in [3.05, 3.63) is 24.5 Å². The first-order valence-corrected chi connectivity index (χ1v) is 6.50. The SMILES string of the molecule is CCOC(=O)CSC(=S)N(C)c1ccncc1. The van der Waals surface area contributed by atoms with Gasteiger partial charge in [0.1, 0.15) is 4.32 Å². The lowest BCUT2D eigenvalue weighted by Crippen LogP contribution is -2.23.